The molecule has 0 aromatic heterocycles. The van der Waals surface area contributed by atoms with E-state index in [1.54, 1.807) is 0 Å². The Morgan fingerprint density at radius 1 is 1.33 bits per heavy atom. The first kappa shape index (κ1) is 13.9. The standard InChI is InChI=1S/C15H24N2S/c1-12(10-18-3)17(2)15(11-16)8-13-6-4-5-7-14(13)9-15/h4-7,12H,8-11,16H2,1-3H3. The van der Waals surface area contributed by atoms with Crippen LogP contribution in [0.25, 0.3) is 0 Å². The minimum Gasteiger partial charge on any atom is -0.329 e. The molecule has 0 radical (unpaired) electrons. The average Bonchev–Trinajstić information content (AvgIpc) is 2.77. The molecule has 1 aromatic carbocycles. The van der Waals surface area contributed by atoms with Gasteiger partial charge in [0.25, 0.3) is 0 Å². The quantitative estimate of drug-likeness (QED) is 0.884. The first-order chi connectivity index (χ1) is 8.63. The molecule has 1 aromatic rings. The third-order valence-corrected chi connectivity index (χ3v) is 5.17. The molecule has 0 bridgehead atoms. The lowest BCUT2D eigenvalue weighted by atomic mass is 9.92. The number of rotatable bonds is 5. The van der Waals surface area contributed by atoms with E-state index >= 15 is 0 Å². The van der Waals surface area contributed by atoms with Crippen LogP contribution in [0.4, 0.5) is 0 Å². The maximum Gasteiger partial charge on any atom is 0.0412 e. The summed E-state index contributed by atoms with van der Waals surface area (Å²) in [4.78, 5) is 2.50. The molecule has 1 unspecified atom stereocenters. The average molecular weight is 264 g/mol. The smallest absolute Gasteiger partial charge is 0.0412 e. The fourth-order valence-electron chi connectivity index (χ4n) is 3.03. The second kappa shape index (κ2) is 5.64. The van der Waals surface area contributed by atoms with Crippen LogP contribution in [0.5, 0.6) is 0 Å². The Morgan fingerprint density at radius 3 is 2.33 bits per heavy atom. The van der Waals surface area contributed by atoms with Crippen LogP contribution in [0.15, 0.2) is 24.3 Å². The molecule has 18 heavy (non-hydrogen) atoms. The van der Waals surface area contributed by atoms with Crippen molar-refractivity contribution in [2.75, 3.05) is 25.6 Å². The van der Waals surface area contributed by atoms with Gasteiger partial charge in [-0.25, -0.2) is 0 Å². The number of nitrogens with zero attached hydrogens (tertiary/aromatic N) is 1. The van der Waals surface area contributed by atoms with Gasteiger partial charge < -0.3 is 5.73 Å². The highest BCUT2D eigenvalue weighted by Gasteiger charge is 2.40. The van der Waals surface area contributed by atoms with Crippen LogP contribution in [-0.2, 0) is 12.8 Å². The molecule has 2 N–H and O–H groups in total. The van der Waals surface area contributed by atoms with Gasteiger partial charge in [0.1, 0.15) is 0 Å². The van der Waals surface area contributed by atoms with Crippen molar-refractivity contribution in [1.29, 1.82) is 0 Å². The Kier molecular flexibility index (Phi) is 4.36. The van der Waals surface area contributed by atoms with Crippen LogP contribution in [-0.4, -0.2) is 42.1 Å². The van der Waals surface area contributed by atoms with Crippen LogP contribution in [0.1, 0.15) is 18.1 Å². The molecule has 0 heterocycles. The van der Waals surface area contributed by atoms with Crippen molar-refractivity contribution in [2.24, 2.45) is 5.73 Å². The Hall–Kier alpha value is -0.510. The van der Waals surface area contributed by atoms with E-state index in [9.17, 15) is 0 Å². The van der Waals surface area contributed by atoms with Gasteiger partial charge in [-0.05, 0) is 44.2 Å². The third-order valence-electron chi connectivity index (χ3n) is 4.35. The van der Waals surface area contributed by atoms with Crippen LogP contribution in [0.2, 0.25) is 0 Å². The van der Waals surface area contributed by atoms with E-state index in [0.29, 0.717) is 6.04 Å². The van der Waals surface area contributed by atoms with Gasteiger partial charge in [-0.2, -0.15) is 11.8 Å². The number of fused-ring (bicyclic) bond motifs is 1. The maximum atomic E-state index is 6.13. The topological polar surface area (TPSA) is 29.3 Å². The fraction of sp³-hybridized carbons (Fsp3) is 0.600. The van der Waals surface area contributed by atoms with Gasteiger partial charge in [-0.15, -0.1) is 0 Å². The van der Waals surface area contributed by atoms with E-state index in [2.05, 4.69) is 49.4 Å². The minimum atomic E-state index is 0.124. The van der Waals surface area contributed by atoms with Gasteiger partial charge in [0, 0.05) is 23.9 Å². The number of hydrogen-bond donors (Lipinski definition) is 1. The van der Waals surface area contributed by atoms with E-state index in [1.165, 1.54) is 11.1 Å². The van der Waals surface area contributed by atoms with Crippen molar-refractivity contribution in [2.45, 2.75) is 31.3 Å². The minimum absolute atomic E-state index is 0.124. The van der Waals surface area contributed by atoms with Crippen LogP contribution in [0, 0.1) is 0 Å². The first-order valence-electron chi connectivity index (χ1n) is 6.61. The molecule has 2 nitrogen and oxygen atoms in total. The third kappa shape index (κ3) is 2.44. The van der Waals surface area contributed by atoms with Crippen LogP contribution >= 0.6 is 11.8 Å². The number of thioether (sulfide) groups is 1. The lowest BCUT2D eigenvalue weighted by Crippen LogP contribution is -2.56. The van der Waals surface area contributed by atoms with Gasteiger partial charge in [0.15, 0.2) is 0 Å². The van der Waals surface area contributed by atoms with Crippen molar-refractivity contribution in [3.63, 3.8) is 0 Å². The summed E-state index contributed by atoms with van der Waals surface area (Å²) in [6, 6.07) is 9.34. The summed E-state index contributed by atoms with van der Waals surface area (Å²) in [5.41, 5.74) is 9.21. The van der Waals surface area contributed by atoms with Gasteiger partial charge >= 0.3 is 0 Å². The second-order valence-electron chi connectivity index (χ2n) is 5.47. The fourth-order valence-corrected chi connectivity index (χ4v) is 3.74. The predicted octanol–water partition coefficient (Wildman–Crippen LogP) is 2.17. The summed E-state index contributed by atoms with van der Waals surface area (Å²) in [5, 5.41) is 0. The molecule has 0 spiro atoms. The van der Waals surface area contributed by atoms with Crippen LogP contribution in [0.3, 0.4) is 0 Å². The highest BCUT2D eigenvalue weighted by atomic mass is 32.2. The molecule has 1 aliphatic carbocycles. The molecule has 2 rings (SSSR count). The summed E-state index contributed by atoms with van der Waals surface area (Å²) >= 11 is 1.91. The summed E-state index contributed by atoms with van der Waals surface area (Å²) in [7, 11) is 2.24. The molecule has 100 valence electrons. The lowest BCUT2D eigenvalue weighted by molar-refractivity contribution is 0.103. The van der Waals surface area contributed by atoms with Gasteiger partial charge in [0.05, 0.1) is 0 Å². The molecule has 0 amide bonds. The summed E-state index contributed by atoms with van der Waals surface area (Å²) in [6.45, 7) is 3.04. The summed E-state index contributed by atoms with van der Waals surface area (Å²) in [6.07, 6.45) is 4.35. The molecule has 0 fully saturated rings. The highest BCUT2D eigenvalue weighted by molar-refractivity contribution is 7.98. The van der Waals surface area contributed by atoms with Crippen molar-refractivity contribution >= 4 is 11.8 Å². The number of hydrogen-bond acceptors (Lipinski definition) is 3. The van der Waals surface area contributed by atoms with Gasteiger partial charge in [-0.3, -0.25) is 4.90 Å². The second-order valence-corrected chi connectivity index (χ2v) is 6.38. The monoisotopic (exact) mass is 264 g/mol. The Morgan fingerprint density at radius 2 is 1.89 bits per heavy atom. The zero-order chi connectivity index (χ0) is 13.2. The molecule has 1 atom stereocenters. The Bertz CT molecular complexity index is 380. The molecule has 0 saturated carbocycles. The van der Waals surface area contributed by atoms with E-state index in [1.807, 2.05) is 11.8 Å². The summed E-state index contributed by atoms with van der Waals surface area (Å²) < 4.78 is 0. The van der Waals surface area contributed by atoms with Crippen molar-refractivity contribution in [1.82, 2.24) is 4.90 Å². The lowest BCUT2D eigenvalue weighted by Gasteiger charge is -2.41. The van der Waals surface area contributed by atoms with E-state index in [0.717, 1.165) is 25.1 Å². The molecular formula is C15H24N2S. The highest BCUT2D eigenvalue weighted by Crippen LogP contribution is 2.34. The zero-order valence-electron chi connectivity index (χ0n) is 11.6. The van der Waals surface area contributed by atoms with E-state index < -0.39 is 0 Å². The normalized spacial score (nSPS) is 18.9. The first-order valence-corrected chi connectivity index (χ1v) is 8.01. The molecule has 3 heteroatoms. The summed E-state index contributed by atoms with van der Waals surface area (Å²) in [5.74, 6) is 1.16. The molecular weight excluding hydrogens is 240 g/mol. The molecule has 0 saturated heterocycles. The Balaban J connectivity index is 2.20. The number of likely N-dealkylation sites (N-methyl/N-ethyl adjacent to an activating group) is 1. The van der Waals surface area contributed by atoms with E-state index in [4.69, 9.17) is 5.73 Å². The molecule has 1 aliphatic rings. The molecule has 0 aliphatic heterocycles. The van der Waals surface area contributed by atoms with Gasteiger partial charge in [0.2, 0.25) is 0 Å². The van der Waals surface area contributed by atoms with Gasteiger partial charge in [-0.1, -0.05) is 24.3 Å². The van der Waals surface area contributed by atoms with Crippen molar-refractivity contribution < 1.29 is 0 Å². The largest absolute Gasteiger partial charge is 0.329 e. The van der Waals surface area contributed by atoms with Crippen LogP contribution < -0.4 is 5.73 Å². The number of nitrogens with two attached hydrogens (primary N) is 1. The van der Waals surface area contributed by atoms with Crippen molar-refractivity contribution in [3.05, 3.63) is 35.4 Å². The Labute approximate surface area is 115 Å². The van der Waals surface area contributed by atoms with E-state index in [-0.39, 0.29) is 5.54 Å². The number of benzene rings is 1. The van der Waals surface area contributed by atoms with Crippen molar-refractivity contribution in [3.8, 4) is 0 Å². The predicted molar refractivity (Wildman–Crippen MR) is 81.2 cm³/mol. The SMILES string of the molecule is CSCC(C)N(C)C1(CN)Cc2ccccc2C1. The maximum absolute atomic E-state index is 6.13. The zero-order valence-corrected chi connectivity index (χ0v) is 12.5.